The van der Waals surface area contributed by atoms with Crippen LogP contribution in [0.2, 0.25) is 0 Å². The van der Waals surface area contributed by atoms with Gasteiger partial charge in [-0.2, -0.15) is 0 Å². The van der Waals surface area contributed by atoms with Crippen LogP contribution in [0.1, 0.15) is 0 Å². The van der Waals surface area contributed by atoms with E-state index in [0.29, 0.717) is 16.3 Å². The fraction of sp³-hybridized carbons (Fsp3) is 0.200. The highest BCUT2D eigenvalue weighted by Gasteiger charge is 2.58. The van der Waals surface area contributed by atoms with Crippen LogP contribution in [0.4, 0.5) is 5.69 Å². The predicted octanol–water partition coefficient (Wildman–Crippen LogP) is -0.211. The molecular weight excluding hydrogens is 304 g/mol. The minimum atomic E-state index is -1.33. The number of methoxy groups -OCH3 is 1. The van der Waals surface area contributed by atoms with Crippen LogP contribution in [0.5, 0.6) is 5.75 Å². The van der Waals surface area contributed by atoms with Gasteiger partial charge in [-0.1, -0.05) is 0 Å². The lowest BCUT2D eigenvalue weighted by Gasteiger charge is -2.47. The molecule has 3 rings (SSSR count). The summed E-state index contributed by atoms with van der Waals surface area (Å²) in [6, 6.07) is 3.60. The highest BCUT2D eigenvalue weighted by molar-refractivity contribution is 6.21. The van der Waals surface area contributed by atoms with Crippen LogP contribution in [0, 0.1) is 0 Å². The summed E-state index contributed by atoms with van der Waals surface area (Å²) in [7, 11) is 1.48. The lowest BCUT2D eigenvalue weighted by molar-refractivity contribution is -0.156. The third-order valence-corrected chi connectivity index (χ3v) is 3.79. The first kappa shape index (κ1) is 14.8. The lowest BCUT2D eigenvalue weighted by Crippen LogP contribution is -2.74. The number of hydrogen-bond donors (Lipinski definition) is 1. The van der Waals surface area contributed by atoms with Crippen LogP contribution < -0.4 is 9.64 Å². The van der Waals surface area contributed by atoms with Gasteiger partial charge >= 0.3 is 5.97 Å². The average Bonchev–Trinajstić information content (AvgIpc) is 2.85. The molecule has 1 N–H and O–H groups in total. The molecule has 0 radical (unpaired) electrons. The van der Waals surface area contributed by atoms with Crippen molar-refractivity contribution in [1.29, 1.82) is 0 Å². The molecule has 2 aliphatic heterocycles. The van der Waals surface area contributed by atoms with Gasteiger partial charge in [0.1, 0.15) is 5.75 Å². The van der Waals surface area contributed by atoms with Crippen molar-refractivity contribution in [1.82, 2.24) is 4.90 Å². The topological polar surface area (TPSA) is 104 Å². The summed E-state index contributed by atoms with van der Waals surface area (Å²) < 4.78 is 5.01. The van der Waals surface area contributed by atoms with Crippen molar-refractivity contribution in [2.24, 2.45) is 0 Å². The monoisotopic (exact) mass is 316 g/mol. The summed E-state index contributed by atoms with van der Waals surface area (Å²) in [6.07, 6.45) is 2.04. The zero-order valence-electron chi connectivity index (χ0n) is 12.0. The second-order valence-corrected chi connectivity index (χ2v) is 5.01. The summed E-state index contributed by atoms with van der Waals surface area (Å²) in [5.74, 6) is -2.73. The number of benzene rings is 1. The zero-order chi connectivity index (χ0) is 16.7. The van der Waals surface area contributed by atoms with Crippen molar-refractivity contribution in [3.63, 3.8) is 0 Å². The van der Waals surface area contributed by atoms with E-state index < -0.39 is 35.8 Å². The summed E-state index contributed by atoms with van der Waals surface area (Å²) in [4.78, 5) is 49.0. The molecule has 1 aromatic rings. The number of ether oxygens (including phenoxy) is 1. The number of carbonyl (C=O) groups excluding carboxylic acids is 3. The second kappa shape index (κ2) is 5.24. The van der Waals surface area contributed by atoms with E-state index in [1.165, 1.54) is 19.2 Å². The molecule has 2 heterocycles. The normalized spacial score (nSPS) is 23.3. The largest absolute Gasteiger partial charge is 0.497 e. The van der Waals surface area contributed by atoms with Crippen molar-refractivity contribution < 1.29 is 29.0 Å². The standard InChI is InChI=1S/C15H12N2O6/c1-23-9-4-2-8(3-5-9)16-13(15(21)22)12(14(16)20)17-10(18)6-7-11(17)19/h2-7,12-13H,1H3,(H,21,22)/t12-,13-/m0/s1. The van der Waals surface area contributed by atoms with Crippen molar-refractivity contribution in [3.8, 4) is 5.75 Å². The summed E-state index contributed by atoms with van der Waals surface area (Å²) >= 11 is 0. The Morgan fingerprint density at radius 2 is 1.61 bits per heavy atom. The highest BCUT2D eigenvalue weighted by Crippen LogP contribution is 2.33. The molecule has 3 amide bonds. The molecule has 0 saturated carbocycles. The van der Waals surface area contributed by atoms with Gasteiger partial charge in [0.25, 0.3) is 17.7 Å². The van der Waals surface area contributed by atoms with Gasteiger partial charge in [-0.25, -0.2) is 4.79 Å². The van der Waals surface area contributed by atoms with Gasteiger partial charge in [-0.3, -0.25) is 24.2 Å². The Labute approximate surface area is 130 Å². The minimum Gasteiger partial charge on any atom is -0.497 e. The third-order valence-electron chi connectivity index (χ3n) is 3.79. The molecule has 23 heavy (non-hydrogen) atoms. The number of carboxylic acid groups (broad SMARTS) is 1. The van der Waals surface area contributed by atoms with E-state index in [-0.39, 0.29) is 0 Å². The van der Waals surface area contributed by atoms with Crippen molar-refractivity contribution >= 4 is 29.4 Å². The van der Waals surface area contributed by atoms with Gasteiger partial charge in [-0.15, -0.1) is 0 Å². The van der Waals surface area contributed by atoms with Crippen LogP contribution in [0.3, 0.4) is 0 Å². The first-order valence-electron chi connectivity index (χ1n) is 6.71. The molecule has 8 nitrogen and oxygen atoms in total. The Balaban J connectivity index is 1.91. The maximum atomic E-state index is 12.4. The van der Waals surface area contributed by atoms with Crippen LogP contribution in [-0.2, 0) is 19.2 Å². The minimum absolute atomic E-state index is 0.353. The van der Waals surface area contributed by atoms with E-state index in [1.807, 2.05) is 0 Å². The van der Waals surface area contributed by atoms with E-state index in [2.05, 4.69) is 0 Å². The lowest BCUT2D eigenvalue weighted by atomic mass is 9.92. The average molecular weight is 316 g/mol. The maximum Gasteiger partial charge on any atom is 0.329 e. The number of imide groups is 1. The van der Waals surface area contributed by atoms with Gasteiger partial charge in [0, 0.05) is 17.8 Å². The number of aliphatic carboxylic acids is 1. The number of carbonyl (C=O) groups is 4. The van der Waals surface area contributed by atoms with Gasteiger partial charge in [0.2, 0.25) is 0 Å². The van der Waals surface area contributed by atoms with Crippen LogP contribution in [0.15, 0.2) is 36.4 Å². The molecule has 0 spiro atoms. The fourth-order valence-electron chi connectivity index (χ4n) is 2.69. The molecule has 8 heteroatoms. The smallest absolute Gasteiger partial charge is 0.329 e. The quantitative estimate of drug-likeness (QED) is 0.609. The molecule has 2 aliphatic rings. The Morgan fingerprint density at radius 3 is 2.09 bits per heavy atom. The van der Waals surface area contributed by atoms with E-state index >= 15 is 0 Å². The first-order chi connectivity index (χ1) is 11.0. The van der Waals surface area contributed by atoms with E-state index in [4.69, 9.17) is 4.74 Å². The summed E-state index contributed by atoms with van der Waals surface area (Å²) in [5.41, 5.74) is 0.353. The number of hydrogen-bond acceptors (Lipinski definition) is 5. The van der Waals surface area contributed by atoms with E-state index in [1.54, 1.807) is 12.1 Å². The molecule has 0 bridgehead atoms. The Kier molecular flexibility index (Phi) is 3.36. The van der Waals surface area contributed by atoms with Crippen molar-refractivity contribution in [2.75, 3.05) is 12.0 Å². The van der Waals surface area contributed by atoms with E-state index in [9.17, 15) is 24.3 Å². The predicted molar refractivity (Wildman–Crippen MR) is 76.7 cm³/mol. The SMILES string of the molecule is COc1ccc(N2C(=O)[C@@H](N3C(=O)C=CC3=O)[C@H]2C(=O)O)cc1. The molecule has 1 saturated heterocycles. The Bertz CT molecular complexity index is 721. The van der Waals surface area contributed by atoms with Crippen LogP contribution >= 0.6 is 0 Å². The second-order valence-electron chi connectivity index (χ2n) is 5.01. The van der Waals surface area contributed by atoms with Crippen LogP contribution in [-0.4, -0.2) is 52.9 Å². The molecule has 1 fully saturated rings. The van der Waals surface area contributed by atoms with Gasteiger partial charge in [0.15, 0.2) is 12.1 Å². The first-order valence-corrected chi connectivity index (χ1v) is 6.71. The molecule has 1 aromatic carbocycles. The molecule has 0 unspecified atom stereocenters. The Hall–Kier alpha value is -3.16. The number of amides is 3. The molecule has 2 atom stereocenters. The fourth-order valence-corrected chi connectivity index (χ4v) is 2.69. The van der Waals surface area contributed by atoms with Gasteiger partial charge < -0.3 is 9.84 Å². The summed E-state index contributed by atoms with van der Waals surface area (Å²) in [6.45, 7) is 0. The number of carboxylic acids is 1. The van der Waals surface area contributed by atoms with Crippen molar-refractivity contribution in [2.45, 2.75) is 12.1 Å². The summed E-state index contributed by atoms with van der Waals surface area (Å²) in [5, 5.41) is 9.40. The number of β-lactam (4-membered cyclic amide) rings is 1. The zero-order valence-corrected chi connectivity index (χ0v) is 12.0. The molecular formula is C15H12N2O6. The van der Waals surface area contributed by atoms with Gasteiger partial charge in [0.05, 0.1) is 7.11 Å². The van der Waals surface area contributed by atoms with Crippen LogP contribution in [0.25, 0.3) is 0 Å². The molecule has 0 aliphatic carbocycles. The highest BCUT2D eigenvalue weighted by atomic mass is 16.5. The molecule has 0 aromatic heterocycles. The molecule has 118 valence electrons. The van der Waals surface area contributed by atoms with Gasteiger partial charge in [-0.05, 0) is 24.3 Å². The number of anilines is 1. The maximum absolute atomic E-state index is 12.4. The van der Waals surface area contributed by atoms with E-state index in [0.717, 1.165) is 17.1 Å². The number of nitrogens with zero attached hydrogens (tertiary/aromatic N) is 2. The Morgan fingerprint density at radius 1 is 1.04 bits per heavy atom. The number of rotatable bonds is 4. The third kappa shape index (κ3) is 2.15. The van der Waals surface area contributed by atoms with Crippen molar-refractivity contribution in [3.05, 3.63) is 36.4 Å².